The van der Waals surface area contributed by atoms with Crippen molar-refractivity contribution >= 4 is 11.9 Å². The van der Waals surface area contributed by atoms with Gasteiger partial charge >= 0.3 is 5.97 Å². The van der Waals surface area contributed by atoms with Crippen LogP contribution in [0.4, 0.5) is 0 Å². The van der Waals surface area contributed by atoms with Crippen LogP contribution in [0.25, 0.3) is 0 Å². The molecule has 6 nitrogen and oxygen atoms in total. The summed E-state index contributed by atoms with van der Waals surface area (Å²) in [6.45, 7) is 4.72. The zero-order valence-electron chi connectivity index (χ0n) is 12.9. The Labute approximate surface area is 135 Å². The lowest BCUT2D eigenvalue weighted by Gasteiger charge is -2.33. The maximum absolute atomic E-state index is 12.4. The minimum atomic E-state index is -0.967. The Hall–Kier alpha value is -2.34. The van der Waals surface area contributed by atoms with Crippen LogP contribution < -0.4 is 10.1 Å². The number of carboxylic acid groups (broad SMARTS) is 1. The lowest BCUT2D eigenvalue weighted by Crippen LogP contribution is -2.46. The van der Waals surface area contributed by atoms with E-state index in [0.29, 0.717) is 44.0 Å². The van der Waals surface area contributed by atoms with Gasteiger partial charge < -0.3 is 19.9 Å². The molecule has 1 amide bonds. The minimum absolute atomic E-state index is 0.0698. The molecule has 2 N–H and O–H groups in total. The van der Waals surface area contributed by atoms with Gasteiger partial charge in [0.25, 0.3) is 5.91 Å². The van der Waals surface area contributed by atoms with Crippen molar-refractivity contribution in [2.75, 3.05) is 26.4 Å². The maximum Gasteiger partial charge on any atom is 0.311 e. The van der Waals surface area contributed by atoms with E-state index in [-0.39, 0.29) is 12.5 Å². The van der Waals surface area contributed by atoms with Gasteiger partial charge in [-0.1, -0.05) is 24.8 Å². The summed E-state index contributed by atoms with van der Waals surface area (Å²) in [7, 11) is 0. The number of aliphatic carboxylic acids is 1. The summed E-state index contributed by atoms with van der Waals surface area (Å²) in [5.41, 5.74) is -0.591. The summed E-state index contributed by atoms with van der Waals surface area (Å²) >= 11 is 0. The third-order valence-corrected chi connectivity index (χ3v) is 3.98. The molecule has 1 aliphatic rings. The Morgan fingerprint density at radius 3 is 2.70 bits per heavy atom. The summed E-state index contributed by atoms with van der Waals surface area (Å²) in [5, 5.41) is 12.2. The van der Waals surface area contributed by atoms with Crippen molar-refractivity contribution < 1.29 is 24.2 Å². The molecule has 1 fully saturated rings. The van der Waals surface area contributed by atoms with E-state index < -0.39 is 11.4 Å². The second-order valence-corrected chi connectivity index (χ2v) is 5.48. The third-order valence-electron chi connectivity index (χ3n) is 3.98. The molecule has 1 saturated heterocycles. The van der Waals surface area contributed by atoms with Crippen LogP contribution in [-0.4, -0.2) is 43.3 Å². The van der Waals surface area contributed by atoms with Crippen LogP contribution in [-0.2, 0) is 9.53 Å². The first-order valence-electron chi connectivity index (χ1n) is 7.51. The number of benzene rings is 1. The fourth-order valence-corrected chi connectivity index (χ4v) is 2.50. The molecule has 1 aromatic rings. The first kappa shape index (κ1) is 17.0. The van der Waals surface area contributed by atoms with Crippen molar-refractivity contribution in [3.8, 4) is 5.75 Å². The monoisotopic (exact) mass is 319 g/mol. The van der Waals surface area contributed by atoms with Crippen LogP contribution in [0.1, 0.15) is 23.2 Å². The Bertz CT molecular complexity index is 578. The van der Waals surface area contributed by atoms with Gasteiger partial charge in [0.2, 0.25) is 0 Å². The van der Waals surface area contributed by atoms with Crippen LogP contribution in [0.2, 0.25) is 0 Å². The molecule has 0 spiro atoms. The lowest BCUT2D eigenvalue weighted by molar-refractivity contribution is -0.154. The minimum Gasteiger partial charge on any atom is -0.489 e. The Morgan fingerprint density at radius 1 is 1.35 bits per heavy atom. The van der Waals surface area contributed by atoms with Gasteiger partial charge in [0.15, 0.2) is 0 Å². The average molecular weight is 319 g/mol. The number of ether oxygens (including phenoxy) is 2. The molecule has 0 unspecified atom stereocenters. The van der Waals surface area contributed by atoms with Crippen molar-refractivity contribution in [1.82, 2.24) is 5.32 Å². The summed E-state index contributed by atoms with van der Waals surface area (Å²) < 4.78 is 10.7. The summed E-state index contributed by atoms with van der Waals surface area (Å²) in [4.78, 5) is 24.0. The van der Waals surface area contributed by atoms with E-state index >= 15 is 0 Å². The largest absolute Gasteiger partial charge is 0.489 e. The number of carbonyl (C=O) groups excluding carboxylic acids is 1. The van der Waals surface area contributed by atoms with Gasteiger partial charge in [-0.05, 0) is 25.0 Å². The number of para-hydroxylation sites is 1. The van der Waals surface area contributed by atoms with Crippen molar-refractivity contribution in [3.63, 3.8) is 0 Å². The molecule has 1 aromatic carbocycles. The van der Waals surface area contributed by atoms with Gasteiger partial charge in [-0.3, -0.25) is 9.59 Å². The highest BCUT2D eigenvalue weighted by Crippen LogP contribution is 2.30. The number of carboxylic acids is 1. The molecule has 23 heavy (non-hydrogen) atoms. The zero-order valence-corrected chi connectivity index (χ0v) is 12.9. The molecule has 0 aromatic heterocycles. The SMILES string of the molecule is C=CCOc1ccccc1C(=O)NCC1(C(=O)O)CCOCC1. The van der Waals surface area contributed by atoms with Crippen LogP contribution in [0.3, 0.4) is 0 Å². The highest BCUT2D eigenvalue weighted by molar-refractivity contribution is 5.97. The van der Waals surface area contributed by atoms with E-state index in [9.17, 15) is 14.7 Å². The van der Waals surface area contributed by atoms with Crippen LogP contribution in [0.5, 0.6) is 5.75 Å². The van der Waals surface area contributed by atoms with Gasteiger partial charge in [-0.2, -0.15) is 0 Å². The number of hydrogen-bond donors (Lipinski definition) is 2. The van der Waals surface area contributed by atoms with E-state index in [1.54, 1.807) is 30.3 Å². The standard InChI is InChI=1S/C17H21NO5/c1-2-9-23-14-6-4-3-5-13(14)15(19)18-12-17(16(20)21)7-10-22-11-8-17/h2-6H,1,7-12H2,(H,18,19)(H,20,21). The molecule has 2 rings (SSSR count). The lowest BCUT2D eigenvalue weighted by atomic mass is 9.80. The molecule has 0 radical (unpaired) electrons. The topological polar surface area (TPSA) is 84.9 Å². The van der Waals surface area contributed by atoms with E-state index in [0.717, 1.165) is 0 Å². The van der Waals surface area contributed by atoms with Gasteiger partial charge in [0, 0.05) is 19.8 Å². The molecule has 0 saturated carbocycles. The number of amides is 1. The smallest absolute Gasteiger partial charge is 0.311 e. The van der Waals surface area contributed by atoms with Gasteiger partial charge in [0.1, 0.15) is 12.4 Å². The Morgan fingerprint density at radius 2 is 2.04 bits per heavy atom. The molecule has 0 bridgehead atoms. The van der Waals surface area contributed by atoms with Crippen LogP contribution in [0.15, 0.2) is 36.9 Å². The Balaban J connectivity index is 2.06. The summed E-state index contributed by atoms with van der Waals surface area (Å²) in [6.07, 6.45) is 2.37. The number of carbonyl (C=O) groups is 2. The van der Waals surface area contributed by atoms with Gasteiger partial charge in [-0.25, -0.2) is 0 Å². The number of hydrogen-bond acceptors (Lipinski definition) is 4. The van der Waals surface area contributed by atoms with Crippen molar-refractivity contribution in [2.45, 2.75) is 12.8 Å². The van der Waals surface area contributed by atoms with Crippen LogP contribution >= 0.6 is 0 Å². The second kappa shape index (κ2) is 7.78. The molecule has 6 heteroatoms. The number of nitrogens with one attached hydrogen (secondary N) is 1. The van der Waals surface area contributed by atoms with Crippen molar-refractivity contribution in [2.24, 2.45) is 5.41 Å². The predicted molar refractivity (Wildman–Crippen MR) is 84.6 cm³/mol. The molecule has 1 aliphatic heterocycles. The summed E-state index contributed by atoms with van der Waals surface area (Å²) in [5.74, 6) is -0.810. The van der Waals surface area contributed by atoms with E-state index in [4.69, 9.17) is 9.47 Å². The third kappa shape index (κ3) is 4.10. The van der Waals surface area contributed by atoms with Crippen molar-refractivity contribution in [1.29, 1.82) is 0 Å². The Kier molecular flexibility index (Phi) is 5.76. The normalized spacial score (nSPS) is 16.3. The van der Waals surface area contributed by atoms with Crippen molar-refractivity contribution in [3.05, 3.63) is 42.5 Å². The maximum atomic E-state index is 12.4. The molecule has 0 atom stereocenters. The van der Waals surface area contributed by atoms with Gasteiger partial charge in [-0.15, -0.1) is 0 Å². The molecular formula is C17H21NO5. The van der Waals surface area contributed by atoms with E-state index in [1.165, 1.54) is 0 Å². The highest BCUT2D eigenvalue weighted by Gasteiger charge is 2.40. The fourth-order valence-electron chi connectivity index (χ4n) is 2.50. The first-order chi connectivity index (χ1) is 11.1. The highest BCUT2D eigenvalue weighted by atomic mass is 16.5. The first-order valence-corrected chi connectivity index (χ1v) is 7.51. The molecule has 1 heterocycles. The molecule has 0 aliphatic carbocycles. The average Bonchev–Trinajstić information content (AvgIpc) is 2.58. The van der Waals surface area contributed by atoms with E-state index in [2.05, 4.69) is 11.9 Å². The van der Waals surface area contributed by atoms with Gasteiger partial charge in [0.05, 0.1) is 11.0 Å². The van der Waals surface area contributed by atoms with E-state index in [1.807, 2.05) is 0 Å². The zero-order chi connectivity index (χ0) is 16.7. The molecular weight excluding hydrogens is 298 g/mol. The number of rotatable bonds is 7. The fraction of sp³-hybridized carbons (Fsp3) is 0.412. The molecule has 124 valence electrons. The predicted octanol–water partition coefficient (Wildman–Crippen LogP) is 1.86. The quantitative estimate of drug-likeness (QED) is 0.749. The van der Waals surface area contributed by atoms with Crippen LogP contribution in [0, 0.1) is 5.41 Å². The summed E-state index contributed by atoms with van der Waals surface area (Å²) in [6, 6.07) is 6.84. The second-order valence-electron chi connectivity index (χ2n) is 5.48.